The van der Waals surface area contributed by atoms with Crippen LogP contribution in [0.5, 0.6) is 0 Å². The van der Waals surface area contributed by atoms with E-state index in [1.165, 1.54) is 0 Å². The molecule has 5 atom stereocenters. The molecule has 4 rings (SSSR count). The molecule has 0 aromatic heterocycles. The Labute approximate surface area is 135 Å². The van der Waals surface area contributed by atoms with Gasteiger partial charge in [-0.25, -0.2) is 0 Å². The van der Waals surface area contributed by atoms with Crippen LogP contribution in [0.1, 0.15) is 29.8 Å². The van der Waals surface area contributed by atoms with E-state index in [4.69, 9.17) is 14.2 Å². The number of epoxide rings is 1. The molecular formula is C19H20O4. The Bertz CT molecular complexity index is 630. The van der Waals surface area contributed by atoms with E-state index >= 15 is 0 Å². The first-order valence-corrected chi connectivity index (χ1v) is 8.03. The Hall–Kier alpha value is -1.72. The van der Waals surface area contributed by atoms with Gasteiger partial charge < -0.3 is 19.3 Å². The number of hydrogen-bond donors (Lipinski definition) is 1. The molecule has 2 heterocycles. The summed E-state index contributed by atoms with van der Waals surface area (Å²) in [6, 6.07) is 19.3. The zero-order valence-electron chi connectivity index (χ0n) is 12.7. The first-order valence-electron chi connectivity index (χ1n) is 8.03. The van der Waals surface area contributed by atoms with Crippen molar-refractivity contribution in [3.63, 3.8) is 0 Å². The molecule has 2 aromatic carbocycles. The number of aliphatic hydroxyl groups excluding tert-OH is 1. The molecule has 4 nitrogen and oxygen atoms in total. The number of rotatable bonds is 5. The maximum absolute atomic E-state index is 10.8. The molecular weight excluding hydrogens is 292 g/mol. The second-order valence-corrected chi connectivity index (χ2v) is 5.99. The topological polar surface area (TPSA) is 51.2 Å². The van der Waals surface area contributed by atoms with Crippen molar-refractivity contribution in [1.29, 1.82) is 0 Å². The lowest BCUT2D eigenvalue weighted by Gasteiger charge is -2.29. The summed E-state index contributed by atoms with van der Waals surface area (Å²) in [6.45, 7) is 0.634. The minimum atomic E-state index is -0.763. The molecule has 0 radical (unpaired) electrons. The summed E-state index contributed by atoms with van der Waals surface area (Å²) in [6.07, 6.45) is -0.510. The van der Waals surface area contributed by atoms with E-state index in [1.54, 1.807) is 0 Å². The molecule has 23 heavy (non-hydrogen) atoms. The number of aliphatic hydroxyl groups is 1. The lowest BCUT2D eigenvalue weighted by molar-refractivity contribution is -0.208. The van der Waals surface area contributed by atoms with Crippen molar-refractivity contribution < 1.29 is 19.3 Å². The van der Waals surface area contributed by atoms with E-state index in [0.717, 1.165) is 17.5 Å². The Balaban J connectivity index is 1.59. The predicted molar refractivity (Wildman–Crippen MR) is 84.7 cm³/mol. The lowest BCUT2D eigenvalue weighted by Crippen LogP contribution is -2.33. The van der Waals surface area contributed by atoms with Gasteiger partial charge in [-0.1, -0.05) is 60.7 Å². The van der Waals surface area contributed by atoms with Crippen LogP contribution in [-0.4, -0.2) is 30.2 Å². The van der Waals surface area contributed by atoms with Crippen molar-refractivity contribution in [1.82, 2.24) is 0 Å². The van der Waals surface area contributed by atoms with Crippen LogP contribution in [0.3, 0.4) is 0 Å². The van der Waals surface area contributed by atoms with Gasteiger partial charge in [-0.05, 0) is 17.5 Å². The van der Waals surface area contributed by atoms with E-state index < -0.39 is 18.5 Å². The highest BCUT2D eigenvalue weighted by Gasteiger charge is 2.50. The third-order valence-electron chi connectivity index (χ3n) is 4.41. The lowest BCUT2D eigenvalue weighted by atomic mass is 9.98. The van der Waals surface area contributed by atoms with Crippen LogP contribution in [0.4, 0.5) is 0 Å². The molecule has 1 N–H and O–H groups in total. The van der Waals surface area contributed by atoms with Crippen LogP contribution in [0.2, 0.25) is 0 Å². The van der Waals surface area contributed by atoms with E-state index in [9.17, 15) is 5.11 Å². The molecule has 2 saturated heterocycles. The Morgan fingerprint density at radius 3 is 2.30 bits per heavy atom. The fraction of sp³-hybridized carbons (Fsp3) is 0.368. The molecule has 120 valence electrons. The highest BCUT2D eigenvalue weighted by molar-refractivity contribution is 5.25. The largest absolute Gasteiger partial charge is 0.385 e. The average Bonchev–Trinajstić information content (AvgIpc) is 3.41. The summed E-state index contributed by atoms with van der Waals surface area (Å²) in [5.41, 5.74) is 1.75. The summed E-state index contributed by atoms with van der Waals surface area (Å²) < 4.78 is 17.4. The van der Waals surface area contributed by atoms with Gasteiger partial charge in [-0.2, -0.15) is 0 Å². The first-order chi connectivity index (χ1) is 11.3. The van der Waals surface area contributed by atoms with Gasteiger partial charge in [-0.15, -0.1) is 0 Å². The summed E-state index contributed by atoms with van der Waals surface area (Å²) in [5, 5.41) is 10.8. The minimum absolute atomic E-state index is 0.00191. The van der Waals surface area contributed by atoms with E-state index in [0.29, 0.717) is 6.61 Å². The zero-order chi connectivity index (χ0) is 15.6. The third kappa shape index (κ3) is 3.16. The van der Waals surface area contributed by atoms with Crippen LogP contribution < -0.4 is 0 Å². The highest BCUT2D eigenvalue weighted by Crippen LogP contribution is 2.40. The van der Waals surface area contributed by atoms with Crippen molar-refractivity contribution in [3.8, 4) is 0 Å². The molecule has 2 fully saturated rings. The number of fused-ring (bicyclic) bond motifs is 1. The molecule has 2 aliphatic rings. The molecule has 0 bridgehead atoms. The van der Waals surface area contributed by atoms with Crippen LogP contribution in [0.15, 0.2) is 60.7 Å². The Morgan fingerprint density at radius 2 is 1.61 bits per heavy atom. The van der Waals surface area contributed by atoms with Gasteiger partial charge in [0, 0.05) is 0 Å². The zero-order valence-corrected chi connectivity index (χ0v) is 12.7. The first kappa shape index (κ1) is 14.8. The SMILES string of the molecule is O[C@@H](c1ccccc1)[C@@H](O[C@@H]1OCC[C@H]2O[C@@H]12)c1ccccc1. The molecule has 0 aliphatic carbocycles. The van der Waals surface area contributed by atoms with Gasteiger partial charge in [0.1, 0.15) is 18.3 Å². The van der Waals surface area contributed by atoms with Crippen molar-refractivity contribution >= 4 is 0 Å². The molecule has 0 spiro atoms. The van der Waals surface area contributed by atoms with Crippen LogP contribution in [0.25, 0.3) is 0 Å². The molecule has 2 aliphatic heterocycles. The Morgan fingerprint density at radius 1 is 0.957 bits per heavy atom. The fourth-order valence-electron chi connectivity index (χ4n) is 3.09. The van der Waals surface area contributed by atoms with Gasteiger partial charge in [-0.3, -0.25) is 0 Å². The second kappa shape index (κ2) is 6.42. The number of hydrogen-bond acceptors (Lipinski definition) is 4. The van der Waals surface area contributed by atoms with Crippen molar-refractivity contribution in [2.24, 2.45) is 0 Å². The highest BCUT2D eigenvalue weighted by atomic mass is 16.7. The maximum atomic E-state index is 10.8. The van der Waals surface area contributed by atoms with Gasteiger partial charge in [0.25, 0.3) is 0 Å². The van der Waals surface area contributed by atoms with Crippen molar-refractivity contribution in [3.05, 3.63) is 71.8 Å². The molecule has 2 aromatic rings. The van der Waals surface area contributed by atoms with E-state index in [-0.39, 0.29) is 12.2 Å². The van der Waals surface area contributed by atoms with E-state index in [1.807, 2.05) is 60.7 Å². The summed E-state index contributed by atoms with van der Waals surface area (Å²) in [5.74, 6) is 0. The summed E-state index contributed by atoms with van der Waals surface area (Å²) in [7, 11) is 0. The monoisotopic (exact) mass is 312 g/mol. The molecule has 4 heteroatoms. The smallest absolute Gasteiger partial charge is 0.187 e. The normalized spacial score (nSPS) is 28.7. The molecule has 0 amide bonds. The average molecular weight is 312 g/mol. The predicted octanol–water partition coefficient (Wildman–Crippen LogP) is 2.99. The summed E-state index contributed by atoms with van der Waals surface area (Å²) in [4.78, 5) is 0. The molecule has 0 unspecified atom stereocenters. The van der Waals surface area contributed by atoms with Gasteiger partial charge in [0.15, 0.2) is 6.29 Å². The van der Waals surface area contributed by atoms with Crippen molar-refractivity contribution in [2.75, 3.05) is 6.61 Å². The summed E-state index contributed by atoms with van der Waals surface area (Å²) >= 11 is 0. The number of ether oxygens (including phenoxy) is 3. The standard InChI is InChI=1S/C19H20O4/c20-16(13-7-3-1-4-8-13)17(14-9-5-2-6-10-14)23-19-18-15(22-18)11-12-21-19/h1-10,15-20H,11-12H2/t15-,16+,17+,18-,19+/m1/s1. The maximum Gasteiger partial charge on any atom is 0.187 e. The second-order valence-electron chi connectivity index (χ2n) is 5.99. The Kier molecular flexibility index (Phi) is 4.14. The van der Waals surface area contributed by atoms with E-state index in [2.05, 4.69) is 0 Å². The van der Waals surface area contributed by atoms with Crippen LogP contribution in [0, 0.1) is 0 Å². The van der Waals surface area contributed by atoms with Gasteiger partial charge >= 0.3 is 0 Å². The minimum Gasteiger partial charge on any atom is -0.385 e. The quantitative estimate of drug-likeness (QED) is 0.862. The van der Waals surface area contributed by atoms with Gasteiger partial charge in [0.05, 0.1) is 12.7 Å². The molecule has 0 saturated carbocycles. The third-order valence-corrected chi connectivity index (χ3v) is 4.41. The van der Waals surface area contributed by atoms with Crippen LogP contribution >= 0.6 is 0 Å². The fourth-order valence-corrected chi connectivity index (χ4v) is 3.09. The van der Waals surface area contributed by atoms with Crippen molar-refractivity contribution in [2.45, 2.75) is 37.1 Å². The van der Waals surface area contributed by atoms with Gasteiger partial charge in [0.2, 0.25) is 0 Å². The van der Waals surface area contributed by atoms with Crippen LogP contribution in [-0.2, 0) is 14.2 Å². The number of benzene rings is 2.